The standard InChI is InChI=1S/C12H13ClN2O/c1-8(16)7-15-11-5-4-10(13)9-3-2-6-14-12(9)11/h2-6,8,15-16H,7H2,1H3. The van der Waals surface area contributed by atoms with Gasteiger partial charge in [-0.05, 0) is 31.2 Å². The van der Waals surface area contributed by atoms with Crippen molar-refractivity contribution in [2.24, 2.45) is 0 Å². The monoisotopic (exact) mass is 236 g/mol. The van der Waals surface area contributed by atoms with E-state index in [9.17, 15) is 5.11 Å². The van der Waals surface area contributed by atoms with Crippen LogP contribution in [0, 0.1) is 0 Å². The number of anilines is 1. The molecular weight excluding hydrogens is 224 g/mol. The summed E-state index contributed by atoms with van der Waals surface area (Å²) in [6, 6.07) is 7.49. The third-order valence-electron chi connectivity index (χ3n) is 2.30. The molecule has 1 heterocycles. The van der Waals surface area contributed by atoms with E-state index in [1.165, 1.54) is 0 Å². The van der Waals surface area contributed by atoms with E-state index in [4.69, 9.17) is 11.6 Å². The third-order valence-corrected chi connectivity index (χ3v) is 2.63. The highest BCUT2D eigenvalue weighted by Gasteiger charge is 2.05. The Morgan fingerprint density at radius 2 is 2.25 bits per heavy atom. The summed E-state index contributed by atoms with van der Waals surface area (Å²) in [6.45, 7) is 2.23. The molecule has 0 fully saturated rings. The van der Waals surface area contributed by atoms with E-state index < -0.39 is 6.10 Å². The quantitative estimate of drug-likeness (QED) is 0.861. The van der Waals surface area contributed by atoms with E-state index in [0.29, 0.717) is 11.6 Å². The van der Waals surface area contributed by atoms with E-state index in [1.54, 1.807) is 13.1 Å². The molecule has 0 saturated heterocycles. The van der Waals surface area contributed by atoms with Crippen LogP contribution in [-0.4, -0.2) is 22.7 Å². The lowest BCUT2D eigenvalue weighted by Crippen LogP contribution is -2.15. The molecule has 0 aliphatic carbocycles. The van der Waals surface area contributed by atoms with Gasteiger partial charge >= 0.3 is 0 Å². The van der Waals surface area contributed by atoms with Gasteiger partial charge in [-0.3, -0.25) is 4.98 Å². The molecule has 2 aromatic rings. The van der Waals surface area contributed by atoms with Gasteiger partial charge in [-0.1, -0.05) is 11.6 Å². The molecule has 1 unspecified atom stereocenters. The molecule has 0 spiro atoms. The van der Waals surface area contributed by atoms with E-state index in [2.05, 4.69) is 10.3 Å². The highest BCUT2D eigenvalue weighted by atomic mass is 35.5. The first kappa shape index (κ1) is 11.2. The van der Waals surface area contributed by atoms with Gasteiger partial charge in [0.05, 0.1) is 22.3 Å². The van der Waals surface area contributed by atoms with Gasteiger partial charge in [0.25, 0.3) is 0 Å². The van der Waals surface area contributed by atoms with Crippen LogP contribution in [0.15, 0.2) is 30.5 Å². The lowest BCUT2D eigenvalue weighted by atomic mass is 10.2. The molecule has 0 aliphatic rings. The molecule has 84 valence electrons. The van der Waals surface area contributed by atoms with Gasteiger partial charge in [0, 0.05) is 18.1 Å². The van der Waals surface area contributed by atoms with Crippen LogP contribution >= 0.6 is 11.6 Å². The molecular formula is C12H13ClN2O. The van der Waals surface area contributed by atoms with Crippen LogP contribution in [0.5, 0.6) is 0 Å². The van der Waals surface area contributed by atoms with E-state index >= 15 is 0 Å². The summed E-state index contributed by atoms with van der Waals surface area (Å²) in [5, 5.41) is 14.0. The van der Waals surface area contributed by atoms with Gasteiger partial charge in [0.1, 0.15) is 0 Å². The third kappa shape index (κ3) is 2.26. The first-order valence-electron chi connectivity index (χ1n) is 5.13. The van der Waals surface area contributed by atoms with Crippen LogP contribution in [0.3, 0.4) is 0 Å². The summed E-state index contributed by atoms with van der Waals surface area (Å²) in [5.41, 5.74) is 1.72. The SMILES string of the molecule is CC(O)CNc1ccc(Cl)c2cccnc12. The molecule has 1 atom stereocenters. The summed E-state index contributed by atoms with van der Waals surface area (Å²) in [6.07, 6.45) is 1.33. The number of pyridine rings is 1. The van der Waals surface area contributed by atoms with Crippen LogP contribution in [-0.2, 0) is 0 Å². The molecule has 3 nitrogen and oxygen atoms in total. The molecule has 2 N–H and O–H groups in total. The minimum absolute atomic E-state index is 0.394. The van der Waals surface area contributed by atoms with Crippen molar-refractivity contribution in [2.75, 3.05) is 11.9 Å². The minimum atomic E-state index is -0.394. The van der Waals surface area contributed by atoms with Crippen LogP contribution in [0.25, 0.3) is 10.9 Å². The second kappa shape index (κ2) is 4.68. The van der Waals surface area contributed by atoms with Crippen molar-refractivity contribution in [3.63, 3.8) is 0 Å². The van der Waals surface area contributed by atoms with Crippen LogP contribution in [0.4, 0.5) is 5.69 Å². The molecule has 0 saturated carbocycles. The number of aliphatic hydroxyl groups excluding tert-OH is 1. The number of hydrogen-bond donors (Lipinski definition) is 2. The predicted octanol–water partition coefficient (Wildman–Crippen LogP) is 2.68. The first-order valence-corrected chi connectivity index (χ1v) is 5.51. The summed E-state index contributed by atoms with van der Waals surface area (Å²) >= 11 is 6.07. The minimum Gasteiger partial charge on any atom is -0.392 e. The Bertz CT molecular complexity index is 499. The normalized spacial score (nSPS) is 12.7. The predicted molar refractivity (Wildman–Crippen MR) is 66.9 cm³/mol. The van der Waals surface area contributed by atoms with Crippen LogP contribution < -0.4 is 5.32 Å². The second-order valence-electron chi connectivity index (χ2n) is 3.72. The summed E-state index contributed by atoms with van der Waals surface area (Å²) < 4.78 is 0. The maximum atomic E-state index is 9.23. The topological polar surface area (TPSA) is 45.1 Å². The fourth-order valence-corrected chi connectivity index (χ4v) is 1.75. The van der Waals surface area contributed by atoms with Crippen molar-refractivity contribution in [1.29, 1.82) is 0 Å². The highest BCUT2D eigenvalue weighted by molar-refractivity contribution is 6.35. The number of aromatic nitrogens is 1. The zero-order valence-corrected chi connectivity index (χ0v) is 9.70. The summed E-state index contributed by atoms with van der Waals surface area (Å²) in [4.78, 5) is 4.29. The molecule has 1 aromatic heterocycles. The molecule has 1 aromatic carbocycles. The van der Waals surface area contributed by atoms with E-state index in [0.717, 1.165) is 16.6 Å². The van der Waals surface area contributed by atoms with Gasteiger partial charge in [0.15, 0.2) is 0 Å². The average molecular weight is 237 g/mol. The number of benzene rings is 1. The lowest BCUT2D eigenvalue weighted by Gasteiger charge is -2.11. The largest absolute Gasteiger partial charge is 0.392 e. The Hall–Kier alpha value is -1.32. The van der Waals surface area contributed by atoms with Crippen molar-refractivity contribution in [2.45, 2.75) is 13.0 Å². The number of fused-ring (bicyclic) bond motifs is 1. The number of halogens is 1. The van der Waals surface area contributed by atoms with Crippen molar-refractivity contribution in [3.05, 3.63) is 35.5 Å². The first-order chi connectivity index (χ1) is 7.68. The Balaban J connectivity index is 2.42. The van der Waals surface area contributed by atoms with Crippen molar-refractivity contribution in [1.82, 2.24) is 4.98 Å². The Morgan fingerprint density at radius 1 is 1.44 bits per heavy atom. The van der Waals surface area contributed by atoms with Crippen molar-refractivity contribution >= 4 is 28.2 Å². The number of nitrogens with one attached hydrogen (secondary N) is 1. The second-order valence-corrected chi connectivity index (χ2v) is 4.13. The molecule has 2 rings (SSSR count). The number of aliphatic hydroxyl groups is 1. The Kier molecular flexibility index (Phi) is 3.27. The zero-order chi connectivity index (χ0) is 11.5. The fraction of sp³-hybridized carbons (Fsp3) is 0.250. The molecule has 0 bridgehead atoms. The zero-order valence-electron chi connectivity index (χ0n) is 8.94. The highest BCUT2D eigenvalue weighted by Crippen LogP contribution is 2.27. The van der Waals surface area contributed by atoms with Gasteiger partial charge in [-0.15, -0.1) is 0 Å². The molecule has 0 aliphatic heterocycles. The van der Waals surface area contributed by atoms with Gasteiger partial charge in [-0.2, -0.15) is 0 Å². The molecule has 4 heteroatoms. The smallest absolute Gasteiger partial charge is 0.0948 e. The summed E-state index contributed by atoms with van der Waals surface area (Å²) in [5.74, 6) is 0. The van der Waals surface area contributed by atoms with Gasteiger partial charge in [0.2, 0.25) is 0 Å². The van der Waals surface area contributed by atoms with Gasteiger partial charge in [-0.25, -0.2) is 0 Å². The van der Waals surface area contributed by atoms with E-state index in [-0.39, 0.29) is 0 Å². The van der Waals surface area contributed by atoms with E-state index in [1.807, 2.05) is 24.3 Å². The van der Waals surface area contributed by atoms with Gasteiger partial charge < -0.3 is 10.4 Å². The molecule has 0 radical (unpaired) electrons. The lowest BCUT2D eigenvalue weighted by molar-refractivity contribution is 0.208. The maximum Gasteiger partial charge on any atom is 0.0948 e. The van der Waals surface area contributed by atoms with Crippen LogP contribution in [0.1, 0.15) is 6.92 Å². The Morgan fingerprint density at radius 3 is 3.00 bits per heavy atom. The van der Waals surface area contributed by atoms with Crippen molar-refractivity contribution in [3.8, 4) is 0 Å². The molecule has 16 heavy (non-hydrogen) atoms. The number of nitrogens with zero attached hydrogens (tertiary/aromatic N) is 1. The number of rotatable bonds is 3. The summed E-state index contributed by atoms with van der Waals surface area (Å²) in [7, 11) is 0. The fourth-order valence-electron chi connectivity index (χ4n) is 1.54. The maximum absolute atomic E-state index is 9.23. The van der Waals surface area contributed by atoms with Crippen molar-refractivity contribution < 1.29 is 5.11 Å². The molecule has 0 amide bonds. The average Bonchev–Trinajstić information content (AvgIpc) is 2.28. The Labute approximate surface area is 99.1 Å². The number of hydrogen-bond acceptors (Lipinski definition) is 3. The van der Waals surface area contributed by atoms with Crippen LogP contribution in [0.2, 0.25) is 5.02 Å².